The minimum Gasteiger partial charge on any atom is -0.466 e. The Kier molecular flexibility index (Phi) is 62.0. The molecule has 74 heavy (non-hydrogen) atoms. The quantitative estimate of drug-likeness (QED) is 0.0320. The van der Waals surface area contributed by atoms with Gasteiger partial charge in [0, 0.05) is 12.8 Å². The Morgan fingerprint density at radius 1 is 0.378 bits per heavy atom. The van der Waals surface area contributed by atoms with E-state index in [1.165, 1.54) is 276 Å². The van der Waals surface area contributed by atoms with Crippen molar-refractivity contribution in [3.63, 3.8) is 0 Å². The Hall–Kier alpha value is -1.92. The first-order valence-electron chi connectivity index (χ1n) is 33.2. The Morgan fingerprint density at radius 3 is 1.09 bits per heavy atom. The topological polar surface area (TPSA) is 95.9 Å². The van der Waals surface area contributed by atoms with Crippen LogP contribution in [0, 0.1) is 0 Å². The fourth-order valence-corrected chi connectivity index (χ4v) is 10.3. The van der Waals surface area contributed by atoms with Crippen LogP contribution in [0.25, 0.3) is 0 Å². The summed E-state index contributed by atoms with van der Waals surface area (Å²) in [5, 5.41) is 23.1. The molecule has 6 heteroatoms. The smallest absolute Gasteiger partial charge is 0.305 e. The number of carbonyl (C=O) groups is 2. The maximum Gasteiger partial charge on any atom is 0.305 e. The van der Waals surface area contributed by atoms with Gasteiger partial charge in [-0.05, 0) is 77.0 Å². The SMILES string of the molecule is CCC/C=C\C/C=C\CCCCCCCC(=O)OCCCCCCCCCCCCCCCC/C=C\CCCCCCCCCCCCCCCCCCCC(=O)NC(CO)C(O)CCCCCCCCCCC. The largest absolute Gasteiger partial charge is 0.466 e. The number of aliphatic hydroxyl groups excluding tert-OH is 2. The molecule has 3 N–H and O–H groups in total. The van der Waals surface area contributed by atoms with E-state index in [0.717, 1.165) is 51.4 Å². The van der Waals surface area contributed by atoms with Crippen LogP contribution in [0.2, 0.25) is 0 Å². The van der Waals surface area contributed by atoms with Crippen molar-refractivity contribution in [3.05, 3.63) is 36.5 Å². The van der Waals surface area contributed by atoms with Crippen molar-refractivity contribution in [1.29, 1.82) is 0 Å². The molecular weight excluding hydrogens is 911 g/mol. The molecule has 0 saturated carbocycles. The monoisotopic (exact) mass is 1040 g/mol. The highest BCUT2D eigenvalue weighted by atomic mass is 16.5. The van der Waals surface area contributed by atoms with E-state index in [-0.39, 0.29) is 18.5 Å². The normalized spacial score (nSPS) is 12.8. The fraction of sp³-hybridized carbons (Fsp3) is 0.882. The minimum absolute atomic E-state index is 0.00472. The Morgan fingerprint density at radius 2 is 0.703 bits per heavy atom. The lowest BCUT2D eigenvalue weighted by molar-refractivity contribution is -0.143. The standard InChI is InChI=1S/C68H129NO5/c1-3-5-7-9-11-13-14-38-42-46-50-54-58-62-68(73)74-63-59-55-51-47-43-40-37-35-33-31-29-27-25-23-21-19-17-15-16-18-20-22-24-26-28-30-32-34-36-39-41-45-49-53-57-61-67(72)69-65(64-70)66(71)60-56-52-48-44-12-10-8-6-4-2/h7,9,13-14,17,19,65-66,70-71H,3-6,8,10-12,15-16,18,20-64H2,1-2H3,(H,69,72)/b9-7-,14-13-,19-17-. The number of amides is 1. The highest BCUT2D eigenvalue weighted by Gasteiger charge is 2.20. The molecule has 0 rings (SSSR count). The lowest BCUT2D eigenvalue weighted by atomic mass is 10.0. The molecule has 0 fully saturated rings. The maximum atomic E-state index is 12.4. The van der Waals surface area contributed by atoms with Gasteiger partial charge in [0.25, 0.3) is 0 Å². The number of unbranched alkanes of at least 4 members (excludes halogenated alkanes) is 45. The summed E-state index contributed by atoms with van der Waals surface area (Å²) in [5.74, 6) is -0.0280. The van der Waals surface area contributed by atoms with Crippen molar-refractivity contribution in [3.8, 4) is 0 Å². The van der Waals surface area contributed by atoms with Crippen molar-refractivity contribution < 1.29 is 24.5 Å². The van der Waals surface area contributed by atoms with E-state index in [9.17, 15) is 19.8 Å². The van der Waals surface area contributed by atoms with E-state index in [1.807, 2.05) is 0 Å². The third kappa shape index (κ3) is 59.3. The number of hydrogen-bond donors (Lipinski definition) is 3. The van der Waals surface area contributed by atoms with Crippen LogP contribution in [-0.2, 0) is 14.3 Å². The first kappa shape index (κ1) is 72.1. The van der Waals surface area contributed by atoms with Crippen LogP contribution in [0.1, 0.15) is 361 Å². The van der Waals surface area contributed by atoms with Crippen LogP contribution < -0.4 is 5.32 Å². The van der Waals surface area contributed by atoms with Gasteiger partial charge in [-0.3, -0.25) is 9.59 Å². The van der Waals surface area contributed by atoms with E-state index in [4.69, 9.17) is 4.74 Å². The summed E-state index contributed by atoms with van der Waals surface area (Å²) < 4.78 is 5.47. The molecule has 6 nitrogen and oxygen atoms in total. The number of hydrogen-bond acceptors (Lipinski definition) is 5. The molecule has 0 bridgehead atoms. The third-order valence-electron chi connectivity index (χ3n) is 15.4. The van der Waals surface area contributed by atoms with Crippen LogP contribution in [0.5, 0.6) is 0 Å². The number of nitrogens with one attached hydrogen (secondary N) is 1. The average Bonchev–Trinajstić information content (AvgIpc) is 3.40. The first-order valence-corrected chi connectivity index (χ1v) is 33.2. The zero-order valence-corrected chi connectivity index (χ0v) is 49.8. The summed E-state index contributed by atoms with van der Waals surface area (Å²) in [5.41, 5.74) is 0. The zero-order chi connectivity index (χ0) is 53.6. The highest BCUT2D eigenvalue weighted by Crippen LogP contribution is 2.18. The van der Waals surface area contributed by atoms with Crippen molar-refractivity contribution in [2.24, 2.45) is 0 Å². The molecule has 0 aromatic heterocycles. The van der Waals surface area contributed by atoms with Crippen molar-refractivity contribution >= 4 is 11.9 Å². The second kappa shape index (κ2) is 63.6. The van der Waals surface area contributed by atoms with Crippen LogP contribution in [0.15, 0.2) is 36.5 Å². The van der Waals surface area contributed by atoms with Gasteiger partial charge < -0.3 is 20.3 Å². The predicted octanol–water partition coefficient (Wildman–Crippen LogP) is 21.1. The van der Waals surface area contributed by atoms with Gasteiger partial charge in [0.15, 0.2) is 0 Å². The first-order chi connectivity index (χ1) is 36.5. The molecular formula is C68H129NO5. The Bertz CT molecular complexity index is 1200. The number of ether oxygens (including phenoxy) is 1. The summed E-state index contributed by atoms with van der Waals surface area (Å²) in [6.07, 6.45) is 80.6. The van der Waals surface area contributed by atoms with Gasteiger partial charge in [-0.15, -0.1) is 0 Å². The van der Waals surface area contributed by atoms with Crippen LogP contribution >= 0.6 is 0 Å². The van der Waals surface area contributed by atoms with Crippen LogP contribution in [0.3, 0.4) is 0 Å². The highest BCUT2D eigenvalue weighted by molar-refractivity contribution is 5.76. The minimum atomic E-state index is -0.659. The molecule has 1 amide bonds. The molecule has 0 aliphatic heterocycles. The molecule has 0 heterocycles. The number of aliphatic hydroxyl groups is 2. The van der Waals surface area contributed by atoms with Gasteiger partial charge in [-0.2, -0.15) is 0 Å². The molecule has 0 spiro atoms. The number of esters is 1. The Balaban J connectivity index is 3.31. The van der Waals surface area contributed by atoms with Gasteiger partial charge in [0.05, 0.1) is 25.4 Å². The molecule has 0 aliphatic rings. The Labute approximate surface area is 462 Å². The van der Waals surface area contributed by atoms with Crippen LogP contribution in [0.4, 0.5) is 0 Å². The molecule has 2 unspecified atom stereocenters. The van der Waals surface area contributed by atoms with Gasteiger partial charge >= 0.3 is 5.97 Å². The van der Waals surface area contributed by atoms with Gasteiger partial charge in [-0.1, -0.05) is 307 Å². The second-order valence-corrected chi connectivity index (χ2v) is 22.8. The zero-order valence-electron chi connectivity index (χ0n) is 49.8. The second-order valence-electron chi connectivity index (χ2n) is 22.8. The van der Waals surface area contributed by atoms with E-state index in [1.54, 1.807) is 0 Å². The predicted molar refractivity (Wildman–Crippen MR) is 324 cm³/mol. The van der Waals surface area contributed by atoms with Crippen molar-refractivity contribution in [1.82, 2.24) is 5.32 Å². The molecule has 0 aliphatic carbocycles. The van der Waals surface area contributed by atoms with Gasteiger partial charge in [0.2, 0.25) is 5.91 Å². The third-order valence-corrected chi connectivity index (χ3v) is 15.4. The summed E-state index contributed by atoms with van der Waals surface area (Å²) in [7, 11) is 0. The number of carbonyl (C=O) groups excluding carboxylic acids is 2. The van der Waals surface area contributed by atoms with E-state index in [2.05, 4.69) is 55.6 Å². The van der Waals surface area contributed by atoms with Crippen molar-refractivity contribution in [2.45, 2.75) is 373 Å². The lowest BCUT2D eigenvalue weighted by Crippen LogP contribution is -2.45. The number of rotatable bonds is 62. The average molecular weight is 1040 g/mol. The summed E-state index contributed by atoms with van der Waals surface area (Å²) in [6, 6.07) is -0.536. The summed E-state index contributed by atoms with van der Waals surface area (Å²) in [6.45, 7) is 4.88. The molecule has 0 saturated heterocycles. The number of allylic oxidation sites excluding steroid dienone is 6. The van der Waals surface area contributed by atoms with E-state index >= 15 is 0 Å². The summed E-state index contributed by atoms with van der Waals surface area (Å²) >= 11 is 0. The molecule has 436 valence electrons. The molecule has 0 aromatic carbocycles. The van der Waals surface area contributed by atoms with Crippen molar-refractivity contribution in [2.75, 3.05) is 13.2 Å². The van der Waals surface area contributed by atoms with Crippen LogP contribution in [-0.4, -0.2) is 47.4 Å². The lowest BCUT2D eigenvalue weighted by Gasteiger charge is -2.22. The van der Waals surface area contributed by atoms with E-state index in [0.29, 0.717) is 25.9 Å². The maximum absolute atomic E-state index is 12.4. The fourth-order valence-electron chi connectivity index (χ4n) is 10.3. The molecule has 0 aromatic rings. The van der Waals surface area contributed by atoms with E-state index < -0.39 is 12.1 Å². The molecule has 0 radical (unpaired) electrons. The van der Waals surface area contributed by atoms with Gasteiger partial charge in [0.1, 0.15) is 0 Å². The van der Waals surface area contributed by atoms with Gasteiger partial charge in [-0.25, -0.2) is 0 Å². The molecule has 2 atom stereocenters. The summed E-state index contributed by atoms with van der Waals surface area (Å²) in [4.78, 5) is 24.4.